The first-order valence-electron chi connectivity index (χ1n) is 7.09. The van der Waals surface area contributed by atoms with Gasteiger partial charge in [0, 0.05) is 19.0 Å². The second-order valence-corrected chi connectivity index (χ2v) is 5.02. The molecule has 0 bridgehead atoms. The first kappa shape index (κ1) is 13.5. The van der Waals surface area contributed by atoms with Gasteiger partial charge in [0.15, 0.2) is 5.82 Å². The van der Waals surface area contributed by atoms with E-state index in [9.17, 15) is 0 Å². The predicted molar refractivity (Wildman–Crippen MR) is 70.4 cm³/mol. The maximum absolute atomic E-state index is 4.72. The highest BCUT2D eigenvalue weighted by atomic mass is 16.5. The van der Waals surface area contributed by atoms with Gasteiger partial charge in [-0.15, -0.1) is 0 Å². The fourth-order valence-electron chi connectivity index (χ4n) is 2.59. The summed E-state index contributed by atoms with van der Waals surface area (Å²) >= 11 is 0. The lowest BCUT2D eigenvalue weighted by Crippen LogP contribution is -2.32. The third-order valence-corrected chi connectivity index (χ3v) is 3.55. The van der Waals surface area contributed by atoms with Gasteiger partial charge in [-0.25, -0.2) is 0 Å². The van der Waals surface area contributed by atoms with Gasteiger partial charge in [-0.05, 0) is 45.3 Å². The molecular weight excluding hydrogens is 228 g/mol. The Morgan fingerprint density at radius 1 is 1.44 bits per heavy atom. The number of nitrogens with zero attached hydrogens (tertiary/aromatic N) is 3. The summed E-state index contributed by atoms with van der Waals surface area (Å²) in [5.41, 5.74) is 0. The summed E-state index contributed by atoms with van der Waals surface area (Å²) in [5.74, 6) is 0.795. The molecule has 5 heteroatoms. The minimum atomic E-state index is 0.652. The van der Waals surface area contributed by atoms with E-state index in [2.05, 4.69) is 27.3 Å². The first-order valence-corrected chi connectivity index (χ1v) is 7.09. The van der Waals surface area contributed by atoms with E-state index in [-0.39, 0.29) is 0 Å². The summed E-state index contributed by atoms with van der Waals surface area (Å²) in [6, 6.07) is 0.652. The van der Waals surface area contributed by atoms with Crippen molar-refractivity contribution in [3.05, 3.63) is 12.2 Å². The Kier molecular flexibility index (Phi) is 5.61. The van der Waals surface area contributed by atoms with Crippen LogP contribution in [0.5, 0.6) is 0 Å². The van der Waals surface area contributed by atoms with Crippen molar-refractivity contribution in [1.29, 1.82) is 0 Å². The molecule has 18 heavy (non-hydrogen) atoms. The van der Waals surface area contributed by atoms with Gasteiger partial charge in [0.2, 0.25) is 6.39 Å². The Morgan fingerprint density at radius 2 is 2.39 bits per heavy atom. The Morgan fingerprint density at radius 3 is 3.17 bits per heavy atom. The fourth-order valence-corrected chi connectivity index (χ4v) is 2.59. The quantitative estimate of drug-likeness (QED) is 0.831. The fraction of sp³-hybridized carbons (Fsp3) is 0.846. The Balaban J connectivity index is 1.64. The number of hydrogen-bond acceptors (Lipinski definition) is 5. The number of hydrogen-bond donors (Lipinski definition) is 1. The van der Waals surface area contributed by atoms with E-state index < -0.39 is 0 Å². The standard InChI is InChI=1S/C13H24N4O/c1-2-8-17-9-3-4-12(6-10-17)14-7-5-13-15-11-18-16-13/h11-12,14H,2-10H2,1H3. The average molecular weight is 252 g/mol. The zero-order chi connectivity index (χ0) is 12.6. The molecule has 0 aromatic carbocycles. The highest BCUT2D eigenvalue weighted by Gasteiger charge is 2.15. The van der Waals surface area contributed by atoms with Crippen molar-refractivity contribution in [3.8, 4) is 0 Å². The largest absolute Gasteiger partial charge is 0.343 e. The molecule has 0 radical (unpaired) electrons. The molecule has 0 saturated carbocycles. The van der Waals surface area contributed by atoms with Crippen molar-refractivity contribution in [1.82, 2.24) is 20.4 Å². The smallest absolute Gasteiger partial charge is 0.213 e. The summed E-state index contributed by atoms with van der Waals surface area (Å²) in [4.78, 5) is 6.61. The second kappa shape index (κ2) is 7.48. The third-order valence-electron chi connectivity index (χ3n) is 3.55. The summed E-state index contributed by atoms with van der Waals surface area (Å²) in [7, 11) is 0. The van der Waals surface area contributed by atoms with Crippen LogP contribution in [-0.4, -0.2) is 47.3 Å². The van der Waals surface area contributed by atoms with Crippen LogP contribution in [-0.2, 0) is 6.42 Å². The van der Waals surface area contributed by atoms with Gasteiger partial charge >= 0.3 is 0 Å². The highest BCUT2D eigenvalue weighted by Crippen LogP contribution is 2.11. The maximum atomic E-state index is 4.72. The van der Waals surface area contributed by atoms with Crippen LogP contribution in [0.2, 0.25) is 0 Å². The molecule has 102 valence electrons. The maximum Gasteiger partial charge on any atom is 0.213 e. The number of rotatable bonds is 6. The van der Waals surface area contributed by atoms with Crippen LogP contribution in [0.1, 0.15) is 38.4 Å². The molecular formula is C13H24N4O. The zero-order valence-electron chi connectivity index (χ0n) is 11.3. The molecule has 1 aliphatic rings. The van der Waals surface area contributed by atoms with E-state index in [1.165, 1.54) is 51.7 Å². The van der Waals surface area contributed by atoms with Crippen LogP contribution in [0.3, 0.4) is 0 Å². The van der Waals surface area contributed by atoms with Crippen LogP contribution in [0, 0.1) is 0 Å². The molecule has 1 N–H and O–H groups in total. The van der Waals surface area contributed by atoms with Crippen molar-refractivity contribution in [3.63, 3.8) is 0 Å². The van der Waals surface area contributed by atoms with Gasteiger partial charge in [0.25, 0.3) is 0 Å². The van der Waals surface area contributed by atoms with Gasteiger partial charge in [0.1, 0.15) is 0 Å². The second-order valence-electron chi connectivity index (χ2n) is 5.02. The minimum Gasteiger partial charge on any atom is -0.343 e. The van der Waals surface area contributed by atoms with Crippen molar-refractivity contribution in [2.45, 2.75) is 45.1 Å². The van der Waals surface area contributed by atoms with Gasteiger partial charge < -0.3 is 14.7 Å². The molecule has 1 unspecified atom stereocenters. The van der Waals surface area contributed by atoms with Gasteiger partial charge in [-0.2, -0.15) is 4.98 Å². The van der Waals surface area contributed by atoms with E-state index in [0.717, 1.165) is 18.8 Å². The van der Waals surface area contributed by atoms with Crippen LogP contribution in [0.4, 0.5) is 0 Å². The van der Waals surface area contributed by atoms with Gasteiger partial charge in [-0.3, -0.25) is 0 Å². The van der Waals surface area contributed by atoms with Crippen LogP contribution < -0.4 is 5.32 Å². The predicted octanol–water partition coefficient (Wildman–Crippen LogP) is 1.47. The SMILES string of the molecule is CCCN1CCCC(NCCc2ncon2)CC1. The number of nitrogens with one attached hydrogen (secondary N) is 1. The molecule has 1 atom stereocenters. The third kappa shape index (κ3) is 4.38. The molecule has 0 amide bonds. The molecule has 1 aromatic rings. The van der Waals surface area contributed by atoms with Gasteiger partial charge in [-0.1, -0.05) is 12.1 Å². The molecule has 0 spiro atoms. The first-order chi connectivity index (χ1) is 8.88. The van der Waals surface area contributed by atoms with Crippen LogP contribution >= 0.6 is 0 Å². The molecule has 0 aliphatic carbocycles. The van der Waals surface area contributed by atoms with Crippen molar-refractivity contribution in [2.24, 2.45) is 0 Å². The topological polar surface area (TPSA) is 54.2 Å². The molecule has 1 saturated heterocycles. The number of aromatic nitrogens is 2. The van der Waals surface area contributed by atoms with E-state index in [1.54, 1.807) is 0 Å². The Labute approximate surface area is 109 Å². The molecule has 1 fully saturated rings. The van der Waals surface area contributed by atoms with Crippen LogP contribution in [0.15, 0.2) is 10.9 Å². The summed E-state index contributed by atoms with van der Waals surface area (Å²) in [6.45, 7) is 6.93. The van der Waals surface area contributed by atoms with E-state index in [0.29, 0.717) is 6.04 Å². The number of likely N-dealkylation sites (tertiary alicyclic amines) is 1. The molecule has 2 heterocycles. The summed E-state index contributed by atoms with van der Waals surface area (Å²) in [6.07, 6.45) is 7.35. The molecule has 5 nitrogen and oxygen atoms in total. The zero-order valence-corrected chi connectivity index (χ0v) is 11.3. The lowest BCUT2D eigenvalue weighted by molar-refractivity contribution is 0.282. The monoisotopic (exact) mass is 252 g/mol. The normalized spacial score (nSPS) is 21.9. The van der Waals surface area contributed by atoms with Gasteiger partial charge in [0.05, 0.1) is 0 Å². The van der Waals surface area contributed by atoms with Crippen molar-refractivity contribution >= 4 is 0 Å². The lowest BCUT2D eigenvalue weighted by atomic mass is 10.1. The highest BCUT2D eigenvalue weighted by molar-refractivity contribution is 4.81. The Bertz CT molecular complexity index is 315. The van der Waals surface area contributed by atoms with E-state index in [1.807, 2.05) is 0 Å². The molecule has 2 rings (SSSR count). The van der Waals surface area contributed by atoms with Crippen molar-refractivity contribution in [2.75, 3.05) is 26.2 Å². The van der Waals surface area contributed by atoms with Crippen molar-refractivity contribution < 1.29 is 4.52 Å². The summed E-state index contributed by atoms with van der Waals surface area (Å²) in [5, 5.41) is 7.43. The molecule has 1 aromatic heterocycles. The van der Waals surface area contributed by atoms with Crippen LogP contribution in [0.25, 0.3) is 0 Å². The lowest BCUT2D eigenvalue weighted by Gasteiger charge is -2.19. The summed E-state index contributed by atoms with van der Waals surface area (Å²) < 4.78 is 4.72. The molecule has 1 aliphatic heterocycles. The van der Waals surface area contributed by atoms with E-state index in [4.69, 9.17) is 4.52 Å². The minimum absolute atomic E-state index is 0.652. The van der Waals surface area contributed by atoms with E-state index >= 15 is 0 Å². The Hall–Kier alpha value is -0.940. The average Bonchev–Trinajstić information content (AvgIpc) is 2.78.